The third-order valence-electron chi connectivity index (χ3n) is 7.29. The molecule has 2 fully saturated rings. The molecule has 2 aliphatic heterocycles. The Morgan fingerprint density at radius 3 is 1.87 bits per heavy atom. The fraction of sp³-hybridized carbons (Fsp3) is 0.871. The van der Waals surface area contributed by atoms with Gasteiger partial charge in [-0.3, -0.25) is 14.4 Å². The van der Waals surface area contributed by atoms with E-state index in [2.05, 4.69) is 0 Å². The lowest BCUT2D eigenvalue weighted by Gasteiger charge is -2.20. The summed E-state index contributed by atoms with van der Waals surface area (Å²) in [5.41, 5.74) is -0.450. The van der Waals surface area contributed by atoms with Crippen LogP contribution in [-0.2, 0) is 61.8 Å². The normalized spacial score (nSPS) is 19.2. The van der Waals surface area contributed by atoms with Crippen LogP contribution in [0, 0.1) is 17.3 Å². The van der Waals surface area contributed by atoms with Crippen LogP contribution in [0.15, 0.2) is 0 Å². The summed E-state index contributed by atoms with van der Waals surface area (Å²) in [6.07, 6.45) is 1.34. The molecule has 0 saturated carbocycles. The zero-order valence-electron chi connectivity index (χ0n) is 27.6. The van der Waals surface area contributed by atoms with Gasteiger partial charge in [0, 0.05) is 6.42 Å². The number of hydrogen-bond acceptors (Lipinski definition) is 14. The van der Waals surface area contributed by atoms with Crippen molar-refractivity contribution in [1.29, 1.82) is 0 Å². The molecule has 0 amide bonds. The molecule has 2 aliphatic rings. The highest BCUT2D eigenvalue weighted by atomic mass is 16.6. The predicted octanol–water partition coefficient (Wildman–Crippen LogP) is 1.86. The zero-order valence-corrected chi connectivity index (χ0v) is 27.6. The Hall–Kier alpha value is -2.36. The number of aliphatic hydroxyl groups excluding tert-OH is 1. The van der Waals surface area contributed by atoms with Crippen LogP contribution in [0.4, 0.5) is 0 Å². The summed E-state index contributed by atoms with van der Waals surface area (Å²) in [7, 11) is 0. The highest BCUT2D eigenvalue weighted by Gasteiger charge is 2.33. The molecule has 14 nitrogen and oxygen atoms in total. The van der Waals surface area contributed by atoms with Gasteiger partial charge < -0.3 is 47.7 Å². The van der Waals surface area contributed by atoms with Crippen LogP contribution in [-0.4, -0.2) is 127 Å². The molecule has 0 bridgehead atoms. The first-order chi connectivity index (χ1) is 21.5. The Bertz CT molecular complexity index is 848. The van der Waals surface area contributed by atoms with Crippen LogP contribution >= 0.6 is 0 Å². The topological polar surface area (TPSA) is 172 Å². The molecule has 2 rings (SSSR count). The molecule has 4 atom stereocenters. The fourth-order valence-corrected chi connectivity index (χ4v) is 3.64. The van der Waals surface area contributed by atoms with Gasteiger partial charge in [-0.2, -0.15) is 0 Å². The van der Waals surface area contributed by atoms with Gasteiger partial charge in [0.2, 0.25) is 0 Å². The van der Waals surface area contributed by atoms with Crippen LogP contribution in [0.5, 0.6) is 0 Å². The molecule has 0 aromatic carbocycles. The number of rotatable bonds is 23. The summed E-state index contributed by atoms with van der Waals surface area (Å²) >= 11 is 0. The minimum atomic E-state index is -0.841. The fourth-order valence-electron chi connectivity index (χ4n) is 3.64. The second kappa shape index (κ2) is 23.9. The molecule has 0 aromatic rings. The SMILES string of the molecule is CCC(C)(C)C(=O)OCCOCCOCCOC1CCOC1=O.CCC(C)C(=O)OCCOCCOCC(O)C1CCOC1=O. The van der Waals surface area contributed by atoms with Crippen molar-refractivity contribution in [3.8, 4) is 0 Å². The van der Waals surface area contributed by atoms with E-state index in [1.54, 1.807) is 0 Å². The van der Waals surface area contributed by atoms with Crippen LogP contribution in [0.3, 0.4) is 0 Å². The average molecular weight is 651 g/mol. The maximum Gasteiger partial charge on any atom is 0.335 e. The summed E-state index contributed by atoms with van der Waals surface area (Å²) in [5.74, 6) is -1.66. The third-order valence-corrected chi connectivity index (χ3v) is 7.29. The number of hydrogen-bond donors (Lipinski definition) is 1. The van der Waals surface area contributed by atoms with Gasteiger partial charge in [-0.05, 0) is 33.1 Å². The van der Waals surface area contributed by atoms with Gasteiger partial charge in [0.05, 0.1) is 96.0 Å². The molecular weight excluding hydrogens is 596 g/mol. The maximum atomic E-state index is 11.7. The average Bonchev–Trinajstić information content (AvgIpc) is 3.65. The van der Waals surface area contributed by atoms with Gasteiger partial charge in [0.15, 0.2) is 6.10 Å². The van der Waals surface area contributed by atoms with Crippen molar-refractivity contribution in [1.82, 2.24) is 0 Å². The second-order valence-electron chi connectivity index (χ2n) is 11.2. The molecule has 2 heterocycles. The van der Waals surface area contributed by atoms with Crippen molar-refractivity contribution in [2.75, 3.05) is 85.9 Å². The van der Waals surface area contributed by atoms with E-state index in [0.29, 0.717) is 78.9 Å². The molecule has 0 aliphatic carbocycles. The lowest BCUT2D eigenvalue weighted by atomic mass is 9.91. The Morgan fingerprint density at radius 2 is 1.33 bits per heavy atom. The molecule has 0 spiro atoms. The molecule has 0 radical (unpaired) electrons. The lowest BCUT2D eigenvalue weighted by molar-refractivity contribution is -0.155. The first kappa shape index (κ1) is 40.7. The van der Waals surface area contributed by atoms with Gasteiger partial charge in [-0.15, -0.1) is 0 Å². The molecule has 45 heavy (non-hydrogen) atoms. The van der Waals surface area contributed by atoms with Crippen molar-refractivity contribution in [3.05, 3.63) is 0 Å². The minimum Gasteiger partial charge on any atom is -0.465 e. The van der Waals surface area contributed by atoms with E-state index in [9.17, 15) is 24.3 Å². The van der Waals surface area contributed by atoms with E-state index in [-0.39, 0.29) is 49.6 Å². The number of aliphatic hydroxyl groups is 1. The lowest BCUT2D eigenvalue weighted by Crippen LogP contribution is -2.29. The van der Waals surface area contributed by atoms with E-state index in [1.165, 1.54) is 0 Å². The van der Waals surface area contributed by atoms with E-state index in [0.717, 1.165) is 12.8 Å². The number of ether oxygens (including phenoxy) is 9. The van der Waals surface area contributed by atoms with Crippen LogP contribution in [0.25, 0.3) is 0 Å². The smallest absolute Gasteiger partial charge is 0.335 e. The Balaban J connectivity index is 0.000000450. The standard InChI is InChI=1S/C16H28O7.C15H26O7/c1-4-16(2,3)15(18)23-12-10-20-8-7-19-9-11-21-13-5-6-22-14(13)17;1-3-11(2)14(17)22-9-8-19-6-7-20-10-13(16)12-4-5-21-15(12)18/h13H,4-12H2,1-3H3;11-13,16H,3-10H2,1-2H3. The predicted molar refractivity (Wildman–Crippen MR) is 159 cm³/mol. The second-order valence-corrected chi connectivity index (χ2v) is 11.2. The summed E-state index contributed by atoms with van der Waals surface area (Å²) in [5, 5.41) is 9.77. The first-order valence-electron chi connectivity index (χ1n) is 15.8. The van der Waals surface area contributed by atoms with Crippen LogP contribution in [0.2, 0.25) is 0 Å². The molecule has 4 unspecified atom stereocenters. The molecule has 1 N–H and O–H groups in total. The van der Waals surface area contributed by atoms with Gasteiger partial charge in [0.25, 0.3) is 0 Å². The summed E-state index contributed by atoms with van der Waals surface area (Å²) < 4.78 is 46.2. The largest absolute Gasteiger partial charge is 0.465 e. The quantitative estimate of drug-likeness (QED) is 0.0965. The van der Waals surface area contributed by atoms with Gasteiger partial charge in [0.1, 0.15) is 13.2 Å². The molecule has 2 saturated heterocycles. The van der Waals surface area contributed by atoms with Crippen LogP contribution in [0.1, 0.15) is 60.3 Å². The minimum absolute atomic E-state index is 0.0755. The monoisotopic (exact) mass is 650 g/mol. The summed E-state index contributed by atoms with van der Waals surface area (Å²) in [6.45, 7) is 13.6. The van der Waals surface area contributed by atoms with Crippen molar-refractivity contribution < 1.29 is 66.9 Å². The molecule has 14 heteroatoms. The van der Waals surface area contributed by atoms with E-state index in [4.69, 9.17) is 42.6 Å². The van der Waals surface area contributed by atoms with Crippen molar-refractivity contribution in [2.45, 2.75) is 72.5 Å². The molecular formula is C31H54O14. The van der Waals surface area contributed by atoms with Gasteiger partial charge in [-0.25, -0.2) is 4.79 Å². The number of carbonyl (C=O) groups is 4. The van der Waals surface area contributed by atoms with E-state index < -0.39 is 23.5 Å². The van der Waals surface area contributed by atoms with E-state index >= 15 is 0 Å². The number of carbonyl (C=O) groups excluding carboxylic acids is 4. The van der Waals surface area contributed by atoms with Crippen molar-refractivity contribution >= 4 is 23.9 Å². The Labute approximate surface area is 266 Å². The Morgan fingerprint density at radius 1 is 0.800 bits per heavy atom. The number of cyclic esters (lactones) is 2. The summed E-state index contributed by atoms with van der Waals surface area (Å²) in [6, 6.07) is 0. The molecule has 262 valence electrons. The maximum absolute atomic E-state index is 11.7. The van der Waals surface area contributed by atoms with Gasteiger partial charge in [-0.1, -0.05) is 20.8 Å². The first-order valence-corrected chi connectivity index (χ1v) is 15.8. The third kappa shape index (κ3) is 17.8. The van der Waals surface area contributed by atoms with Crippen molar-refractivity contribution in [2.24, 2.45) is 17.3 Å². The number of esters is 4. The Kier molecular flexibility index (Phi) is 21.6. The summed E-state index contributed by atoms with van der Waals surface area (Å²) in [4.78, 5) is 45.4. The highest BCUT2D eigenvalue weighted by molar-refractivity contribution is 5.76. The van der Waals surface area contributed by atoms with Gasteiger partial charge >= 0.3 is 23.9 Å². The van der Waals surface area contributed by atoms with E-state index in [1.807, 2.05) is 34.6 Å². The highest BCUT2D eigenvalue weighted by Crippen LogP contribution is 2.21. The van der Waals surface area contributed by atoms with Crippen molar-refractivity contribution in [3.63, 3.8) is 0 Å². The van der Waals surface area contributed by atoms with Crippen LogP contribution < -0.4 is 0 Å². The zero-order chi connectivity index (χ0) is 33.5. The molecule has 0 aromatic heterocycles.